The number of nitrogens with two attached hydrogens (primary N) is 1. The Balaban J connectivity index is 2.05. The molecule has 20 heavy (non-hydrogen) atoms. The molecule has 112 valence electrons. The van der Waals surface area contributed by atoms with Crippen LogP contribution in [0.25, 0.3) is 0 Å². The van der Waals surface area contributed by atoms with E-state index in [-0.39, 0.29) is 6.04 Å². The van der Waals surface area contributed by atoms with E-state index >= 15 is 0 Å². The topological polar surface area (TPSA) is 84.2 Å². The molecular weight excluding hydrogens is 274 g/mol. The van der Waals surface area contributed by atoms with Crippen LogP contribution in [0.2, 0.25) is 0 Å². The van der Waals surface area contributed by atoms with Crippen LogP contribution in [0, 0.1) is 6.92 Å². The summed E-state index contributed by atoms with van der Waals surface area (Å²) >= 11 is 0. The molecule has 0 aliphatic heterocycles. The number of hydrogen-bond acceptors (Lipinski definition) is 4. The molecule has 2 atom stereocenters. The molecule has 1 aromatic rings. The molecule has 2 rings (SSSR count). The average molecular weight is 297 g/mol. The predicted molar refractivity (Wildman–Crippen MR) is 83.5 cm³/mol. The highest BCUT2D eigenvalue weighted by atomic mass is 32.2. The first-order chi connectivity index (χ1) is 9.33. The summed E-state index contributed by atoms with van der Waals surface area (Å²) in [5, 5.41) is 3.48. The van der Waals surface area contributed by atoms with E-state index in [2.05, 4.69) is 10.0 Å². The van der Waals surface area contributed by atoms with E-state index in [1.807, 2.05) is 19.1 Å². The highest BCUT2D eigenvalue weighted by Crippen LogP contribution is 2.24. The largest absolute Gasteiger partial charge is 0.382 e. The minimum atomic E-state index is -3.23. The van der Waals surface area contributed by atoms with Crippen molar-refractivity contribution in [3.63, 3.8) is 0 Å². The van der Waals surface area contributed by atoms with Crippen LogP contribution in [-0.4, -0.2) is 26.8 Å². The molecule has 0 spiro atoms. The zero-order valence-corrected chi connectivity index (χ0v) is 12.8. The molecule has 1 saturated carbocycles. The first-order valence-corrected chi connectivity index (χ1v) is 8.83. The van der Waals surface area contributed by atoms with Crippen LogP contribution in [0.3, 0.4) is 0 Å². The smallest absolute Gasteiger partial charge is 0.229 e. The van der Waals surface area contributed by atoms with Gasteiger partial charge in [-0.1, -0.05) is 0 Å². The minimum Gasteiger partial charge on any atom is -0.382 e. The van der Waals surface area contributed by atoms with E-state index in [0.717, 1.165) is 43.2 Å². The lowest BCUT2D eigenvalue weighted by Gasteiger charge is -2.28. The second kappa shape index (κ2) is 6.01. The molecule has 5 nitrogen and oxygen atoms in total. The predicted octanol–water partition coefficient (Wildman–Crippen LogP) is 2.05. The summed E-state index contributed by atoms with van der Waals surface area (Å²) < 4.78 is 25.0. The Morgan fingerprint density at radius 2 is 2.05 bits per heavy atom. The fourth-order valence-electron chi connectivity index (χ4n) is 2.66. The zero-order valence-electron chi connectivity index (χ0n) is 12.0. The van der Waals surface area contributed by atoms with Gasteiger partial charge >= 0.3 is 0 Å². The minimum absolute atomic E-state index is 0.286. The molecule has 0 amide bonds. The summed E-state index contributed by atoms with van der Waals surface area (Å²) in [6.45, 7) is 1.89. The molecular formula is C14H23N3O2S. The number of rotatable bonds is 4. The van der Waals surface area contributed by atoms with Crippen LogP contribution in [-0.2, 0) is 10.0 Å². The Bertz CT molecular complexity index is 572. The normalized spacial score (nSPS) is 23.4. The molecule has 1 aromatic carbocycles. The van der Waals surface area contributed by atoms with Crippen LogP contribution in [0.5, 0.6) is 0 Å². The number of anilines is 2. The van der Waals surface area contributed by atoms with Gasteiger partial charge in [0.05, 0.1) is 11.9 Å². The maximum absolute atomic E-state index is 11.3. The van der Waals surface area contributed by atoms with E-state index in [4.69, 9.17) is 5.73 Å². The number of hydrogen-bond donors (Lipinski definition) is 3. The Labute approximate surface area is 121 Å². The summed E-state index contributed by atoms with van der Waals surface area (Å²) in [5.74, 6) is 0. The highest BCUT2D eigenvalue weighted by molar-refractivity contribution is 7.92. The molecule has 6 heteroatoms. The number of benzene rings is 1. The van der Waals surface area contributed by atoms with Crippen LogP contribution < -0.4 is 15.8 Å². The van der Waals surface area contributed by atoms with Gasteiger partial charge in [0.15, 0.2) is 0 Å². The van der Waals surface area contributed by atoms with E-state index < -0.39 is 10.0 Å². The van der Waals surface area contributed by atoms with Crippen molar-refractivity contribution in [1.29, 1.82) is 0 Å². The Kier molecular flexibility index (Phi) is 4.55. The van der Waals surface area contributed by atoms with E-state index in [9.17, 15) is 8.42 Å². The molecule has 0 aromatic heterocycles. The van der Waals surface area contributed by atoms with Crippen LogP contribution in [0.4, 0.5) is 11.4 Å². The van der Waals surface area contributed by atoms with Crippen molar-refractivity contribution >= 4 is 21.4 Å². The summed E-state index contributed by atoms with van der Waals surface area (Å²) in [7, 11) is -3.23. The summed E-state index contributed by atoms with van der Waals surface area (Å²) in [4.78, 5) is 0. The van der Waals surface area contributed by atoms with E-state index in [1.165, 1.54) is 0 Å². The quantitative estimate of drug-likeness (QED) is 0.794. The fourth-order valence-corrected chi connectivity index (χ4v) is 3.29. The van der Waals surface area contributed by atoms with Crippen LogP contribution >= 0.6 is 0 Å². The average Bonchev–Trinajstić information content (AvgIpc) is 2.31. The zero-order chi connectivity index (χ0) is 14.8. The van der Waals surface area contributed by atoms with Gasteiger partial charge in [-0.15, -0.1) is 0 Å². The molecule has 0 radical (unpaired) electrons. The molecule has 0 saturated heterocycles. The van der Waals surface area contributed by atoms with Gasteiger partial charge in [-0.25, -0.2) is 8.42 Å². The van der Waals surface area contributed by atoms with Gasteiger partial charge < -0.3 is 11.1 Å². The maximum atomic E-state index is 11.3. The van der Waals surface area contributed by atoms with E-state index in [0.29, 0.717) is 11.7 Å². The molecule has 1 fully saturated rings. The molecule has 1 aliphatic carbocycles. The third kappa shape index (κ3) is 4.38. The summed E-state index contributed by atoms with van der Waals surface area (Å²) in [5.41, 5.74) is 8.53. The molecule has 2 unspecified atom stereocenters. The Morgan fingerprint density at radius 1 is 1.30 bits per heavy atom. The van der Waals surface area contributed by atoms with Crippen molar-refractivity contribution in [2.45, 2.75) is 44.7 Å². The van der Waals surface area contributed by atoms with Gasteiger partial charge in [0, 0.05) is 17.8 Å². The monoisotopic (exact) mass is 297 g/mol. The molecule has 0 heterocycles. The first-order valence-electron chi connectivity index (χ1n) is 6.94. The SMILES string of the molecule is Cc1cc(NC2CCCC(N)C2)ccc1NS(C)(=O)=O. The van der Waals surface area contributed by atoms with Crippen molar-refractivity contribution in [3.8, 4) is 0 Å². The first kappa shape index (κ1) is 15.1. The number of aryl methyl sites for hydroxylation is 1. The van der Waals surface area contributed by atoms with Crippen molar-refractivity contribution in [2.24, 2.45) is 5.73 Å². The van der Waals surface area contributed by atoms with Crippen molar-refractivity contribution < 1.29 is 8.42 Å². The van der Waals surface area contributed by atoms with Crippen LogP contribution in [0.15, 0.2) is 18.2 Å². The second-order valence-electron chi connectivity index (χ2n) is 5.67. The van der Waals surface area contributed by atoms with Gasteiger partial charge in [0.25, 0.3) is 0 Å². The lowest BCUT2D eigenvalue weighted by Crippen LogP contribution is -2.34. The standard InChI is InChI=1S/C14H23N3O2S/c1-10-8-13(6-7-14(10)17-20(2,18)19)16-12-5-3-4-11(15)9-12/h6-8,11-12,16-17H,3-5,9,15H2,1-2H3. The summed E-state index contributed by atoms with van der Waals surface area (Å²) in [6, 6.07) is 6.36. The van der Waals surface area contributed by atoms with Gasteiger partial charge in [0.1, 0.15) is 0 Å². The lowest BCUT2D eigenvalue weighted by molar-refractivity contribution is 0.409. The Hall–Kier alpha value is -1.27. The van der Waals surface area contributed by atoms with E-state index in [1.54, 1.807) is 6.07 Å². The third-order valence-corrected chi connectivity index (χ3v) is 4.20. The summed E-state index contributed by atoms with van der Waals surface area (Å²) in [6.07, 6.45) is 5.54. The number of sulfonamides is 1. The van der Waals surface area contributed by atoms with Crippen molar-refractivity contribution in [3.05, 3.63) is 23.8 Å². The number of nitrogens with one attached hydrogen (secondary N) is 2. The fraction of sp³-hybridized carbons (Fsp3) is 0.571. The van der Waals surface area contributed by atoms with Gasteiger partial charge in [-0.2, -0.15) is 0 Å². The third-order valence-electron chi connectivity index (χ3n) is 3.61. The molecule has 0 bridgehead atoms. The maximum Gasteiger partial charge on any atom is 0.229 e. The van der Waals surface area contributed by atoms with Gasteiger partial charge in [-0.05, 0) is 56.4 Å². The highest BCUT2D eigenvalue weighted by Gasteiger charge is 2.19. The van der Waals surface area contributed by atoms with Crippen molar-refractivity contribution in [1.82, 2.24) is 0 Å². The lowest BCUT2D eigenvalue weighted by atomic mass is 9.91. The van der Waals surface area contributed by atoms with Gasteiger partial charge in [0.2, 0.25) is 10.0 Å². The van der Waals surface area contributed by atoms with Crippen LogP contribution in [0.1, 0.15) is 31.2 Å². The van der Waals surface area contributed by atoms with Crippen molar-refractivity contribution in [2.75, 3.05) is 16.3 Å². The molecule has 1 aliphatic rings. The van der Waals surface area contributed by atoms with Gasteiger partial charge in [-0.3, -0.25) is 4.72 Å². The second-order valence-corrected chi connectivity index (χ2v) is 7.42. The molecule has 4 N–H and O–H groups in total. The Morgan fingerprint density at radius 3 is 2.65 bits per heavy atom.